The molecule has 180 valence electrons. The van der Waals surface area contributed by atoms with Crippen LogP contribution in [-0.4, -0.2) is 23.0 Å². The van der Waals surface area contributed by atoms with E-state index in [0.717, 1.165) is 40.0 Å². The number of aliphatic imine (C=N–C) groups is 1. The van der Waals surface area contributed by atoms with Crippen LogP contribution in [0.2, 0.25) is 0 Å². The summed E-state index contributed by atoms with van der Waals surface area (Å²) >= 11 is 5.66. The second kappa shape index (κ2) is 10.2. The lowest BCUT2D eigenvalue weighted by atomic mass is 10.2. The van der Waals surface area contributed by atoms with Crippen molar-refractivity contribution in [2.45, 2.75) is 24.5 Å². The maximum Gasteiger partial charge on any atom is 0.416 e. The predicted molar refractivity (Wildman–Crippen MR) is 138 cm³/mol. The normalized spacial score (nSPS) is 16.7. The summed E-state index contributed by atoms with van der Waals surface area (Å²) in [6.07, 6.45) is -4.48. The molecule has 0 bridgehead atoms. The highest BCUT2D eigenvalue weighted by Gasteiger charge is 2.36. The van der Waals surface area contributed by atoms with E-state index in [0.29, 0.717) is 15.8 Å². The number of alkyl halides is 3. The van der Waals surface area contributed by atoms with Gasteiger partial charge < -0.3 is 4.90 Å². The van der Waals surface area contributed by atoms with Crippen molar-refractivity contribution in [3.63, 3.8) is 0 Å². The molecule has 0 aromatic heterocycles. The lowest BCUT2D eigenvalue weighted by Crippen LogP contribution is -2.29. The summed E-state index contributed by atoms with van der Waals surface area (Å²) in [7, 11) is 1.84. The van der Waals surface area contributed by atoms with Crippen LogP contribution in [0.25, 0.3) is 0 Å². The molecule has 0 unspecified atom stereocenters. The van der Waals surface area contributed by atoms with Crippen LogP contribution in [0.15, 0.2) is 99.4 Å². The maximum atomic E-state index is 13.5. The van der Waals surface area contributed by atoms with E-state index in [1.807, 2.05) is 73.5 Å². The van der Waals surface area contributed by atoms with Crippen molar-refractivity contribution >= 4 is 46.8 Å². The van der Waals surface area contributed by atoms with Gasteiger partial charge in [-0.05, 0) is 54.6 Å². The standard InChI is InChI=1S/C26H22F3N3OS2/c1-17(31(2)21-13-6-7-14-22(21)34)23-24(33)32(16-18-9-4-3-5-10-18)25(35-23)30-20-12-8-11-19(15-20)26(27,28)29/h3-15,34H,16H2,1-2H3/b23-17+,30-25?. The molecule has 35 heavy (non-hydrogen) atoms. The number of amidine groups is 1. The summed E-state index contributed by atoms with van der Waals surface area (Å²) in [5.41, 5.74) is 1.73. The first-order chi connectivity index (χ1) is 16.6. The first-order valence-corrected chi connectivity index (χ1v) is 11.9. The maximum absolute atomic E-state index is 13.5. The largest absolute Gasteiger partial charge is 0.416 e. The minimum Gasteiger partial charge on any atom is -0.346 e. The lowest BCUT2D eigenvalue weighted by molar-refractivity contribution is -0.137. The number of anilines is 1. The molecule has 0 N–H and O–H groups in total. The third-order valence-electron chi connectivity index (χ3n) is 5.52. The molecule has 4 nitrogen and oxygen atoms in total. The first-order valence-electron chi connectivity index (χ1n) is 10.7. The molecular formula is C26H22F3N3OS2. The van der Waals surface area contributed by atoms with E-state index in [4.69, 9.17) is 0 Å². The quantitative estimate of drug-likeness (QED) is 0.291. The number of carbonyl (C=O) groups excluding carboxylic acids is 1. The molecule has 1 fully saturated rings. The Bertz CT molecular complexity index is 1310. The Kier molecular flexibility index (Phi) is 7.28. The van der Waals surface area contributed by atoms with Gasteiger partial charge in [-0.2, -0.15) is 13.2 Å². The summed E-state index contributed by atoms with van der Waals surface area (Å²) in [6, 6.07) is 21.7. The monoisotopic (exact) mass is 513 g/mol. The Morgan fingerprint density at radius 1 is 1.03 bits per heavy atom. The van der Waals surface area contributed by atoms with Crippen molar-refractivity contribution in [1.82, 2.24) is 4.90 Å². The van der Waals surface area contributed by atoms with Crippen molar-refractivity contribution in [1.29, 1.82) is 0 Å². The molecule has 0 aliphatic carbocycles. The molecule has 4 rings (SSSR count). The zero-order valence-corrected chi connectivity index (χ0v) is 20.7. The summed E-state index contributed by atoms with van der Waals surface area (Å²) in [4.78, 5) is 22.6. The Hall–Kier alpha value is -3.17. The second-order valence-corrected chi connectivity index (χ2v) is 9.34. The van der Waals surface area contributed by atoms with Gasteiger partial charge in [-0.1, -0.05) is 48.5 Å². The highest BCUT2D eigenvalue weighted by Crippen LogP contribution is 2.39. The minimum atomic E-state index is -4.48. The van der Waals surface area contributed by atoms with Gasteiger partial charge in [0.1, 0.15) is 0 Å². The van der Waals surface area contributed by atoms with E-state index in [9.17, 15) is 18.0 Å². The topological polar surface area (TPSA) is 35.9 Å². The number of amides is 1. The van der Waals surface area contributed by atoms with Crippen molar-refractivity contribution in [2.75, 3.05) is 11.9 Å². The number of allylic oxidation sites excluding steroid dienone is 1. The van der Waals surface area contributed by atoms with Crippen LogP contribution in [-0.2, 0) is 17.5 Å². The highest BCUT2D eigenvalue weighted by molar-refractivity contribution is 8.18. The molecule has 3 aromatic rings. The van der Waals surface area contributed by atoms with Gasteiger partial charge in [0.2, 0.25) is 0 Å². The van der Waals surface area contributed by atoms with Gasteiger partial charge in [0.05, 0.1) is 28.4 Å². The lowest BCUT2D eigenvalue weighted by Gasteiger charge is -2.22. The second-order valence-electron chi connectivity index (χ2n) is 7.88. The van der Waals surface area contributed by atoms with Gasteiger partial charge >= 0.3 is 6.18 Å². The molecule has 1 aliphatic heterocycles. The number of hydrogen-bond acceptors (Lipinski definition) is 5. The van der Waals surface area contributed by atoms with Crippen LogP contribution < -0.4 is 4.90 Å². The van der Waals surface area contributed by atoms with E-state index in [1.165, 1.54) is 17.0 Å². The highest BCUT2D eigenvalue weighted by atomic mass is 32.2. The Morgan fingerprint density at radius 2 is 1.71 bits per heavy atom. The molecule has 1 saturated heterocycles. The SMILES string of the molecule is C/C(=C1\SC(=Nc2cccc(C(F)(F)F)c2)N(Cc2ccccc2)C1=O)N(C)c1ccccc1S. The van der Waals surface area contributed by atoms with Gasteiger partial charge in [0.25, 0.3) is 5.91 Å². The van der Waals surface area contributed by atoms with Gasteiger partial charge in [-0.3, -0.25) is 9.69 Å². The minimum absolute atomic E-state index is 0.126. The van der Waals surface area contributed by atoms with Gasteiger partial charge in [0.15, 0.2) is 5.17 Å². The van der Waals surface area contributed by atoms with Crippen LogP contribution >= 0.6 is 24.4 Å². The number of para-hydroxylation sites is 1. The Balaban J connectivity index is 1.75. The van der Waals surface area contributed by atoms with Crippen molar-refractivity contribution in [2.24, 2.45) is 4.99 Å². The molecule has 0 radical (unpaired) electrons. The van der Waals surface area contributed by atoms with E-state index in [-0.39, 0.29) is 18.1 Å². The number of carbonyl (C=O) groups is 1. The number of thioether (sulfide) groups is 1. The molecular weight excluding hydrogens is 491 g/mol. The van der Waals surface area contributed by atoms with Gasteiger partial charge in [-0.15, -0.1) is 12.6 Å². The summed E-state index contributed by atoms with van der Waals surface area (Å²) in [5.74, 6) is -0.259. The van der Waals surface area contributed by atoms with E-state index < -0.39 is 11.7 Å². The molecule has 1 amide bonds. The third-order valence-corrected chi connectivity index (χ3v) is 7.07. The number of thiol groups is 1. The van der Waals surface area contributed by atoms with Crippen molar-refractivity contribution < 1.29 is 18.0 Å². The summed E-state index contributed by atoms with van der Waals surface area (Å²) in [6.45, 7) is 2.07. The van der Waals surface area contributed by atoms with E-state index >= 15 is 0 Å². The summed E-state index contributed by atoms with van der Waals surface area (Å²) in [5, 5.41) is 0.320. The number of benzene rings is 3. The Labute approximate surface area is 211 Å². The summed E-state index contributed by atoms with van der Waals surface area (Å²) < 4.78 is 39.7. The van der Waals surface area contributed by atoms with Crippen LogP contribution in [0.4, 0.5) is 24.5 Å². The van der Waals surface area contributed by atoms with Gasteiger partial charge in [0, 0.05) is 17.6 Å². The molecule has 0 atom stereocenters. The zero-order chi connectivity index (χ0) is 25.2. The molecule has 9 heteroatoms. The van der Waals surface area contributed by atoms with Gasteiger partial charge in [-0.25, -0.2) is 4.99 Å². The average Bonchev–Trinajstić information content (AvgIpc) is 3.13. The van der Waals surface area contributed by atoms with Crippen LogP contribution in [0.5, 0.6) is 0 Å². The van der Waals surface area contributed by atoms with Crippen LogP contribution in [0, 0.1) is 0 Å². The number of nitrogens with zero attached hydrogens (tertiary/aromatic N) is 3. The molecule has 0 spiro atoms. The van der Waals surface area contributed by atoms with Crippen LogP contribution in [0.1, 0.15) is 18.1 Å². The van der Waals surface area contributed by atoms with Crippen molar-refractivity contribution in [3.05, 3.63) is 101 Å². The smallest absolute Gasteiger partial charge is 0.346 e. The van der Waals surface area contributed by atoms with Crippen molar-refractivity contribution in [3.8, 4) is 0 Å². The molecule has 1 heterocycles. The fourth-order valence-corrected chi connectivity index (χ4v) is 4.94. The fourth-order valence-electron chi connectivity index (χ4n) is 3.56. The molecule has 3 aromatic carbocycles. The predicted octanol–water partition coefficient (Wildman–Crippen LogP) is 7.13. The average molecular weight is 514 g/mol. The first kappa shape index (κ1) is 24.9. The molecule has 1 aliphatic rings. The third kappa shape index (κ3) is 5.57. The van der Waals surface area contributed by atoms with E-state index in [1.54, 1.807) is 0 Å². The zero-order valence-electron chi connectivity index (χ0n) is 19.0. The fraction of sp³-hybridized carbons (Fsp3) is 0.154. The number of halogens is 3. The van der Waals surface area contributed by atoms with Crippen LogP contribution in [0.3, 0.4) is 0 Å². The molecule has 0 saturated carbocycles. The number of rotatable bonds is 5. The Morgan fingerprint density at radius 3 is 2.40 bits per heavy atom. The van der Waals surface area contributed by atoms with E-state index in [2.05, 4.69) is 17.6 Å². The number of hydrogen-bond donors (Lipinski definition) is 1.